The third kappa shape index (κ3) is 2.83. The highest BCUT2D eigenvalue weighted by Crippen LogP contribution is 2.29. The molecule has 126 valence electrons. The van der Waals surface area contributed by atoms with Crippen LogP contribution in [0.25, 0.3) is 11.0 Å². The quantitative estimate of drug-likeness (QED) is 0.761. The molecule has 3 aromatic rings. The molecule has 0 aliphatic heterocycles. The van der Waals surface area contributed by atoms with Crippen LogP contribution in [0.2, 0.25) is 0 Å². The lowest BCUT2D eigenvalue weighted by Crippen LogP contribution is -2.23. The van der Waals surface area contributed by atoms with Crippen LogP contribution < -0.4 is 10.0 Å². The lowest BCUT2D eigenvalue weighted by molar-refractivity contribution is 0.597. The summed E-state index contributed by atoms with van der Waals surface area (Å²) in [5.74, 6) is 0.760. The topological polar surface area (TPSA) is 107 Å². The summed E-state index contributed by atoms with van der Waals surface area (Å²) in [4.78, 5) is 10.7. The Bertz CT molecular complexity index is 981. The minimum Gasteiger partial charge on any atom is -0.352 e. The Balaban J connectivity index is 1.95. The van der Waals surface area contributed by atoms with Crippen molar-refractivity contribution in [3.05, 3.63) is 42.4 Å². The monoisotopic (exact) mass is 346 g/mol. The predicted molar refractivity (Wildman–Crippen MR) is 90.9 cm³/mol. The van der Waals surface area contributed by atoms with E-state index in [0.717, 1.165) is 22.4 Å². The molecule has 0 saturated carbocycles. The molecule has 0 fully saturated rings. The van der Waals surface area contributed by atoms with Gasteiger partial charge < -0.3 is 4.90 Å². The van der Waals surface area contributed by atoms with E-state index in [0.29, 0.717) is 0 Å². The Morgan fingerprint density at radius 2 is 1.88 bits per heavy atom. The van der Waals surface area contributed by atoms with Crippen molar-refractivity contribution in [1.82, 2.24) is 19.7 Å². The fraction of sp³-hybridized carbons (Fsp3) is 0.267. The van der Waals surface area contributed by atoms with Crippen LogP contribution in [0.3, 0.4) is 0 Å². The summed E-state index contributed by atoms with van der Waals surface area (Å²) < 4.78 is 24.4. The number of primary sulfonamides is 1. The molecule has 0 spiro atoms. The van der Waals surface area contributed by atoms with Crippen LogP contribution in [0.15, 0.2) is 41.7 Å². The zero-order chi connectivity index (χ0) is 17.5. The second-order valence-corrected chi connectivity index (χ2v) is 7.17. The molecule has 0 radical (unpaired) electrons. The van der Waals surface area contributed by atoms with E-state index in [1.54, 1.807) is 23.0 Å². The Hall–Kier alpha value is -2.52. The summed E-state index contributed by atoms with van der Waals surface area (Å²) in [6.07, 6.45) is 3.24. The molecule has 8 nitrogen and oxygen atoms in total. The van der Waals surface area contributed by atoms with Crippen LogP contribution in [0.1, 0.15) is 18.5 Å². The number of hydrogen-bond donors (Lipinski definition) is 1. The zero-order valence-electron chi connectivity index (χ0n) is 13.6. The van der Waals surface area contributed by atoms with Gasteiger partial charge >= 0.3 is 0 Å². The largest absolute Gasteiger partial charge is 0.352 e. The molecule has 3 rings (SSSR count). The van der Waals surface area contributed by atoms with Gasteiger partial charge in [0.25, 0.3) is 0 Å². The maximum absolute atomic E-state index is 11.4. The van der Waals surface area contributed by atoms with Gasteiger partial charge in [0.1, 0.15) is 12.1 Å². The Morgan fingerprint density at radius 3 is 2.50 bits per heavy atom. The number of anilines is 1. The average Bonchev–Trinajstić information content (AvgIpc) is 2.94. The van der Waals surface area contributed by atoms with Crippen molar-refractivity contribution in [2.45, 2.75) is 17.9 Å². The van der Waals surface area contributed by atoms with Crippen molar-refractivity contribution in [2.24, 2.45) is 12.2 Å². The van der Waals surface area contributed by atoms with Crippen molar-refractivity contribution < 1.29 is 8.42 Å². The van der Waals surface area contributed by atoms with Gasteiger partial charge in [0.15, 0.2) is 5.65 Å². The maximum Gasteiger partial charge on any atom is 0.238 e. The number of aromatic nitrogens is 4. The summed E-state index contributed by atoms with van der Waals surface area (Å²) >= 11 is 0. The summed E-state index contributed by atoms with van der Waals surface area (Å²) in [6, 6.07) is 6.49. The van der Waals surface area contributed by atoms with Gasteiger partial charge in [-0.05, 0) is 24.6 Å². The second-order valence-electron chi connectivity index (χ2n) is 5.60. The van der Waals surface area contributed by atoms with Crippen molar-refractivity contribution in [2.75, 3.05) is 11.9 Å². The van der Waals surface area contributed by atoms with Crippen molar-refractivity contribution in [3.8, 4) is 0 Å². The first-order valence-electron chi connectivity index (χ1n) is 7.27. The van der Waals surface area contributed by atoms with E-state index in [9.17, 15) is 8.42 Å². The van der Waals surface area contributed by atoms with Gasteiger partial charge in [0, 0.05) is 14.1 Å². The van der Waals surface area contributed by atoms with Crippen molar-refractivity contribution in [1.29, 1.82) is 0 Å². The number of hydrogen-bond acceptors (Lipinski definition) is 6. The molecular weight excluding hydrogens is 328 g/mol. The Labute approximate surface area is 140 Å². The van der Waals surface area contributed by atoms with Crippen LogP contribution in [0.4, 0.5) is 5.82 Å². The van der Waals surface area contributed by atoms with Crippen LogP contribution in [-0.4, -0.2) is 35.2 Å². The molecule has 0 amide bonds. The second kappa shape index (κ2) is 5.84. The Kier molecular flexibility index (Phi) is 3.98. The van der Waals surface area contributed by atoms with Gasteiger partial charge in [0.05, 0.1) is 22.5 Å². The smallest absolute Gasteiger partial charge is 0.238 e. The first-order chi connectivity index (χ1) is 11.3. The molecular formula is C15H18N6O2S. The van der Waals surface area contributed by atoms with Crippen molar-refractivity contribution >= 4 is 26.9 Å². The molecule has 0 aliphatic rings. The van der Waals surface area contributed by atoms with Crippen LogP contribution in [0, 0.1) is 0 Å². The van der Waals surface area contributed by atoms with E-state index in [1.165, 1.54) is 18.5 Å². The fourth-order valence-corrected chi connectivity index (χ4v) is 3.09. The number of sulfonamides is 1. The van der Waals surface area contributed by atoms with Crippen LogP contribution in [0.5, 0.6) is 0 Å². The summed E-state index contributed by atoms with van der Waals surface area (Å²) in [5.41, 5.74) is 1.70. The number of aryl methyl sites for hydroxylation is 1. The number of benzene rings is 1. The molecule has 9 heteroatoms. The number of nitrogens with zero attached hydrogens (tertiary/aromatic N) is 5. The maximum atomic E-state index is 11.4. The highest BCUT2D eigenvalue weighted by atomic mass is 32.2. The van der Waals surface area contributed by atoms with Crippen LogP contribution >= 0.6 is 0 Å². The van der Waals surface area contributed by atoms with E-state index in [-0.39, 0.29) is 10.9 Å². The average molecular weight is 346 g/mol. The van der Waals surface area contributed by atoms with Gasteiger partial charge in [0.2, 0.25) is 10.0 Å². The summed E-state index contributed by atoms with van der Waals surface area (Å²) in [5, 5.41) is 10.2. The number of nitrogens with two attached hydrogens (primary N) is 1. The van der Waals surface area contributed by atoms with Crippen molar-refractivity contribution in [3.63, 3.8) is 0 Å². The first-order valence-corrected chi connectivity index (χ1v) is 8.82. The van der Waals surface area contributed by atoms with E-state index in [2.05, 4.69) is 15.1 Å². The molecule has 2 aromatic heterocycles. The summed E-state index contributed by atoms with van der Waals surface area (Å²) in [7, 11) is 0.0626. The molecule has 2 heterocycles. The SMILES string of the molecule is C[C@@H](c1ccc(S(N)(=O)=O)cc1)N(C)c1ncnc2c1cnn2C. The van der Waals surface area contributed by atoms with Gasteiger partial charge in [-0.3, -0.25) is 4.68 Å². The van der Waals surface area contributed by atoms with E-state index >= 15 is 0 Å². The minimum absolute atomic E-state index is 0.0298. The number of fused-ring (bicyclic) bond motifs is 1. The highest BCUT2D eigenvalue weighted by molar-refractivity contribution is 7.89. The molecule has 0 bridgehead atoms. The lowest BCUT2D eigenvalue weighted by Gasteiger charge is -2.26. The van der Waals surface area contributed by atoms with Gasteiger partial charge in [-0.25, -0.2) is 23.5 Å². The summed E-state index contributed by atoms with van der Waals surface area (Å²) in [6.45, 7) is 2.01. The van der Waals surface area contributed by atoms with E-state index < -0.39 is 10.0 Å². The number of rotatable bonds is 4. The fourth-order valence-electron chi connectivity index (χ4n) is 2.57. The van der Waals surface area contributed by atoms with Gasteiger partial charge in [-0.1, -0.05) is 12.1 Å². The zero-order valence-corrected chi connectivity index (χ0v) is 14.4. The molecule has 0 aliphatic carbocycles. The molecule has 2 N–H and O–H groups in total. The molecule has 0 unspecified atom stereocenters. The molecule has 0 saturated heterocycles. The van der Waals surface area contributed by atoms with E-state index in [1.807, 2.05) is 25.9 Å². The third-order valence-electron chi connectivity index (χ3n) is 4.11. The highest BCUT2D eigenvalue weighted by Gasteiger charge is 2.18. The van der Waals surface area contributed by atoms with E-state index in [4.69, 9.17) is 5.14 Å². The Morgan fingerprint density at radius 1 is 1.21 bits per heavy atom. The lowest BCUT2D eigenvalue weighted by atomic mass is 10.1. The normalized spacial score (nSPS) is 13.2. The van der Waals surface area contributed by atoms with Crippen LogP contribution in [-0.2, 0) is 17.1 Å². The molecule has 1 atom stereocenters. The minimum atomic E-state index is -3.69. The molecule has 24 heavy (non-hydrogen) atoms. The standard InChI is InChI=1S/C15H18N6O2S/c1-10(11-4-6-12(7-5-11)24(16,22)23)20(2)14-13-8-19-21(3)15(13)18-9-17-14/h4-10H,1-3H3,(H2,16,22,23)/t10-/m0/s1. The van der Waals surface area contributed by atoms with Gasteiger partial charge in [-0.15, -0.1) is 0 Å². The third-order valence-corrected chi connectivity index (χ3v) is 5.04. The van der Waals surface area contributed by atoms with Gasteiger partial charge in [-0.2, -0.15) is 5.10 Å². The molecule has 1 aromatic carbocycles. The predicted octanol–water partition coefficient (Wildman–Crippen LogP) is 1.21. The first kappa shape index (κ1) is 16.3.